The number of nitrogens with zero attached hydrogens (tertiary/aromatic N) is 4. The zero-order valence-electron chi connectivity index (χ0n) is 15.3. The van der Waals surface area contributed by atoms with E-state index in [-0.39, 0.29) is 18.1 Å². The standard InChI is InChI=1S/C19H16FN5O3S/c1-29-14-4-2-3-12(9-14)21-15(26)10-24-17-16(22-23-24)18(27)25(19(17)28)13-7-5-11(20)6-8-13/h2-9,16-17H,10H2,1H3,(H,21,26)/t16-,17+/m0/s1. The molecule has 0 spiro atoms. The molecule has 0 saturated carbocycles. The molecule has 1 N–H and O–H groups in total. The van der Waals surface area contributed by atoms with Gasteiger partial charge in [-0.25, -0.2) is 9.29 Å². The monoisotopic (exact) mass is 413 g/mol. The third-order valence-electron chi connectivity index (χ3n) is 4.60. The van der Waals surface area contributed by atoms with Gasteiger partial charge in [0, 0.05) is 10.6 Å². The van der Waals surface area contributed by atoms with E-state index in [0.29, 0.717) is 5.69 Å². The summed E-state index contributed by atoms with van der Waals surface area (Å²) in [6.07, 6.45) is 1.93. The molecule has 0 bridgehead atoms. The Balaban J connectivity index is 1.47. The van der Waals surface area contributed by atoms with Gasteiger partial charge in [-0.15, -0.1) is 11.8 Å². The van der Waals surface area contributed by atoms with Gasteiger partial charge in [0.2, 0.25) is 5.91 Å². The van der Waals surface area contributed by atoms with E-state index in [4.69, 9.17) is 0 Å². The molecule has 4 rings (SSSR count). The summed E-state index contributed by atoms with van der Waals surface area (Å²) in [6, 6.07) is 10.4. The number of fused-ring (bicyclic) bond motifs is 1. The van der Waals surface area contributed by atoms with Crippen molar-refractivity contribution in [2.24, 2.45) is 10.3 Å². The number of benzene rings is 2. The van der Waals surface area contributed by atoms with Crippen molar-refractivity contribution >= 4 is 40.9 Å². The van der Waals surface area contributed by atoms with Crippen molar-refractivity contribution in [3.63, 3.8) is 0 Å². The minimum absolute atomic E-state index is 0.232. The van der Waals surface area contributed by atoms with E-state index in [1.807, 2.05) is 24.5 Å². The number of thioether (sulfide) groups is 1. The number of rotatable bonds is 5. The van der Waals surface area contributed by atoms with Crippen LogP contribution in [0.25, 0.3) is 0 Å². The highest BCUT2D eigenvalue weighted by Gasteiger charge is 2.55. The number of imide groups is 1. The van der Waals surface area contributed by atoms with E-state index in [1.165, 1.54) is 29.3 Å². The summed E-state index contributed by atoms with van der Waals surface area (Å²) in [7, 11) is 0. The topological polar surface area (TPSA) is 94.4 Å². The molecule has 8 nitrogen and oxygen atoms in total. The quantitative estimate of drug-likeness (QED) is 0.600. The van der Waals surface area contributed by atoms with E-state index in [1.54, 1.807) is 17.8 Å². The molecule has 1 saturated heterocycles. The minimum Gasteiger partial charge on any atom is -0.324 e. The predicted molar refractivity (Wildman–Crippen MR) is 105 cm³/mol. The molecule has 2 aliphatic rings. The van der Waals surface area contributed by atoms with Gasteiger partial charge in [0.25, 0.3) is 11.8 Å². The molecule has 2 aliphatic heterocycles. The van der Waals surface area contributed by atoms with Gasteiger partial charge in [-0.2, -0.15) is 5.11 Å². The van der Waals surface area contributed by atoms with Crippen LogP contribution in [0.3, 0.4) is 0 Å². The normalized spacial score (nSPS) is 20.3. The number of nitrogens with one attached hydrogen (secondary N) is 1. The summed E-state index contributed by atoms with van der Waals surface area (Å²) < 4.78 is 13.2. The Hall–Kier alpha value is -3.27. The molecule has 3 amide bonds. The lowest BCUT2D eigenvalue weighted by Gasteiger charge is -2.20. The second-order valence-corrected chi connectivity index (χ2v) is 7.34. The van der Waals surface area contributed by atoms with Gasteiger partial charge < -0.3 is 5.32 Å². The van der Waals surface area contributed by atoms with Crippen molar-refractivity contribution in [1.82, 2.24) is 5.01 Å². The number of anilines is 2. The zero-order chi connectivity index (χ0) is 20.5. The number of carbonyl (C=O) groups is 3. The maximum absolute atomic E-state index is 13.2. The average molecular weight is 413 g/mol. The molecule has 1 fully saturated rings. The molecule has 148 valence electrons. The van der Waals surface area contributed by atoms with Crippen LogP contribution in [0, 0.1) is 5.82 Å². The van der Waals surface area contributed by atoms with Gasteiger partial charge in [-0.3, -0.25) is 19.4 Å². The maximum atomic E-state index is 13.2. The van der Waals surface area contributed by atoms with Gasteiger partial charge in [0.05, 0.1) is 5.69 Å². The zero-order valence-corrected chi connectivity index (χ0v) is 16.1. The minimum atomic E-state index is -1.01. The van der Waals surface area contributed by atoms with E-state index >= 15 is 0 Å². The molecule has 0 aliphatic carbocycles. The summed E-state index contributed by atoms with van der Waals surface area (Å²) in [5.74, 6) is -1.96. The fraction of sp³-hybridized carbons (Fsp3) is 0.211. The second kappa shape index (κ2) is 7.63. The van der Waals surface area contributed by atoms with E-state index in [9.17, 15) is 18.8 Å². The molecule has 2 aromatic rings. The Bertz CT molecular complexity index is 1010. The van der Waals surface area contributed by atoms with Crippen molar-refractivity contribution in [3.8, 4) is 0 Å². The van der Waals surface area contributed by atoms with Crippen molar-refractivity contribution < 1.29 is 18.8 Å². The predicted octanol–water partition coefficient (Wildman–Crippen LogP) is 2.48. The lowest BCUT2D eigenvalue weighted by atomic mass is 10.1. The highest BCUT2D eigenvalue weighted by atomic mass is 32.2. The Morgan fingerprint density at radius 1 is 1.17 bits per heavy atom. The second-order valence-electron chi connectivity index (χ2n) is 6.46. The molecular weight excluding hydrogens is 397 g/mol. The van der Waals surface area contributed by atoms with E-state index < -0.39 is 29.7 Å². The van der Waals surface area contributed by atoms with Crippen LogP contribution in [0.15, 0.2) is 63.8 Å². The van der Waals surface area contributed by atoms with Crippen LogP contribution < -0.4 is 10.2 Å². The molecule has 29 heavy (non-hydrogen) atoms. The molecule has 10 heteroatoms. The highest BCUT2D eigenvalue weighted by molar-refractivity contribution is 7.98. The lowest BCUT2D eigenvalue weighted by molar-refractivity contribution is -0.123. The van der Waals surface area contributed by atoms with Crippen LogP contribution in [0.5, 0.6) is 0 Å². The molecular formula is C19H16FN5O3S. The molecule has 0 radical (unpaired) electrons. The smallest absolute Gasteiger partial charge is 0.263 e. The number of amides is 3. The Kier molecular flexibility index (Phi) is 5.01. The van der Waals surface area contributed by atoms with Crippen LogP contribution in [-0.2, 0) is 14.4 Å². The third-order valence-corrected chi connectivity index (χ3v) is 5.33. The molecule has 0 unspecified atom stereocenters. The molecule has 2 atom stereocenters. The molecule has 0 aromatic heterocycles. The first-order valence-corrected chi connectivity index (χ1v) is 9.95. The summed E-state index contributed by atoms with van der Waals surface area (Å²) in [5.41, 5.74) is 0.876. The van der Waals surface area contributed by atoms with Gasteiger partial charge >= 0.3 is 0 Å². The van der Waals surface area contributed by atoms with Crippen molar-refractivity contribution in [3.05, 3.63) is 54.3 Å². The molecule has 2 heterocycles. The summed E-state index contributed by atoms with van der Waals surface area (Å²) in [4.78, 5) is 39.8. The Morgan fingerprint density at radius 2 is 1.93 bits per heavy atom. The van der Waals surface area contributed by atoms with Crippen LogP contribution >= 0.6 is 11.8 Å². The van der Waals surface area contributed by atoms with E-state index in [2.05, 4.69) is 15.7 Å². The Labute approximate surface area is 169 Å². The van der Waals surface area contributed by atoms with Gasteiger partial charge in [-0.05, 0) is 48.7 Å². The van der Waals surface area contributed by atoms with Crippen molar-refractivity contribution in [1.29, 1.82) is 0 Å². The van der Waals surface area contributed by atoms with Crippen LogP contribution in [0.4, 0.5) is 15.8 Å². The van der Waals surface area contributed by atoms with Crippen LogP contribution in [0.2, 0.25) is 0 Å². The number of carbonyl (C=O) groups excluding carboxylic acids is 3. The summed E-state index contributed by atoms with van der Waals surface area (Å²) in [6.45, 7) is -0.232. The van der Waals surface area contributed by atoms with Crippen molar-refractivity contribution in [2.45, 2.75) is 17.0 Å². The van der Waals surface area contributed by atoms with Crippen molar-refractivity contribution in [2.75, 3.05) is 23.0 Å². The largest absolute Gasteiger partial charge is 0.324 e. The third kappa shape index (κ3) is 3.58. The fourth-order valence-corrected chi connectivity index (χ4v) is 3.71. The maximum Gasteiger partial charge on any atom is 0.263 e. The SMILES string of the molecule is CSc1cccc(NC(=O)CN2N=N[C@@H]3C(=O)N(c4ccc(F)cc4)C(=O)[C@@H]32)c1. The first kappa shape index (κ1) is 19.1. The van der Waals surface area contributed by atoms with Gasteiger partial charge in [0.1, 0.15) is 12.4 Å². The number of hydrogen-bond donors (Lipinski definition) is 1. The fourth-order valence-electron chi connectivity index (χ4n) is 3.25. The first-order chi connectivity index (χ1) is 14.0. The molecule has 2 aromatic carbocycles. The average Bonchev–Trinajstić information content (AvgIpc) is 3.23. The summed E-state index contributed by atoms with van der Waals surface area (Å²) in [5, 5.41) is 11.7. The first-order valence-electron chi connectivity index (χ1n) is 8.72. The number of hydrogen-bond acceptors (Lipinski definition) is 7. The number of halogens is 1. The highest BCUT2D eigenvalue weighted by Crippen LogP contribution is 2.31. The van der Waals surface area contributed by atoms with Crippen LogP contribution in [0.1, 0.15) is 0 Å². The van der Waals surface area contributed by atoms with Gasteiger partial charge in [0.15, 0.2) is 12.1 Å². The van der Waals surface area contributed by atoms with Gasteiger partial charge in [-0.1, -0.05) is 11.3 Å². The van der Waals surface area contributed by atoms with E-state index in [0.717, 1.165) is 9.80 Å². The van der Waals surface area contributed by atoms with Crippen LogP contribution in [-0.4, -0.2) is 47.6 Å². The summed E-state index contributed by atoms with van der Waals surface area (Å²) >= 11 is 1.55. The lowest BCUT2D eigenvalue weighted by Crippen LogP contribution is -2.43. The Morgan fingerprint density at radius 3 is 2.66 bits per heavy atom.